The van der Waals surface area contributed by atoms with Crippen molar-refractivity contribution in [1.82, 2.24) is 9.97 Å². The maximum atomic E-state index is 9.05. The van der Waals surface area contributed by atoms with Gasteiger partial charge in [-0.1, -0.05) is 12.1 Å². The van der Waals surface area contributed by atoms with Crippen molar-refractivity contribution in [2.24, 2.45) is 0 Å². The highest BCUT2D eigenvalue weighted by molar-refractivity contribution is 9.10. The molecule has 1 N–H and O–H groups in total. The van der Waals surface area contributed by atoms with Crippen molar-refractivity contribution in [1.29, 1.82) is 5.26 Å². The zero-order valence-corrected chi connectivity index (χ0v) is 12.9. The summed E-state index contributed by atoms with van der Waals surface area (Å²) in [6.07, 6.45) is 4.14. The molecule has 1 aromatic carbocycles. The zero-order chi connectivity index (χ0) is 14.7. The van der Waals surface area contributed by atoms with Gasteiger partial charge in [-0.3, -0.25) is 0 Å². The fourth-order valence-corrected chi connectivity index (χ4v) is 3.06. The number of halogens is 1. The number of nitrogens with zero attached hydrogens (tertiary/aromatic N) is 4. The Bertz CT molecular complexity index is 682. The SMILES string of the molecule is N#Cc1nccnc1N[C@H]1CCN(c2ccccc2Br)C1. The average Bonchev–Trinajstić information content (AvgIpc) is 2.96. The van der Waals surface area contributed by atoms with Gasteiger partial charge in [0.15, 0.2) is 11.5 Å². The van der Waals surface area contributed by atoms with Crippen LogP contribution in [0.15, 0.2) is 41.1 Å². The predicted molar refractivity (Wildman–Crippen MR) is 85.1 cm³/mol. The van der Waals surface area contributed by atoms with E-state index in [1.54, 1.807) is 6.20 Å². The Morgan fingerprint density at radius 1 is 1.29 bits per heavy atom. The first-order chi connectivity index (χ1) is 10.3. The third-order valence-electron chi connectivity index (χ3n) is 3.53. The van der Waals surface area contributed by atoms with E-state index in [1.807, 2.05) is 18.2 Å². The highest BCUT2D eigenvalue weighted by Crippen LogP contribution is 2.29. The molecule has 1 aliphatic rings. The summed E-state index contributed by atoms with van der Waals surface area (Å²) in [6, 6.07) is 10.5. The van der Waals surface area contributed by atoms with Gasteiger partial charge in [0.1, 0.15) is 6.07 Å². The minimum Gasteiger partial charge on any atom is -0.368 e. The lowest BCUT2D eigenvalue weighted by Gasteiger charge is -2.20. The largest absolute Gasteiger partial charge is 0.368 e. The summed E-state index contributed by atoms with van der Waals surface area (Å²) in [6.45, 7) is 1.85. The molecular weight excluding hydrogens is 330 g/mol. The zero-order valence-electron chi connectivity index (χ0n) is 11.3. The molecular formula is C15H14BrN5. The molecule has 0 aliphatic carbocycles. The van der Waals surface area contributed by atoms with Crippen LogP contribution in [0.1, 0.15) is 12.1 Å². The molecule has 3 rings (SSSR count). The van der Waals surface area contributed by atoms with Gasteiger partial charge in [-0.15, -0.1) is 0 Å². The second-order valence-corrected chi connectivity index (χ2v) is 5.75. The highest BCUT2D eigenvalue weighted by atomic mass is 79.9. The molecule has 0 saturated carbocycles. The van der Waals surface area contributed by atoms with Crippen LogP contribution >= 0.6 is 15.9 Å². The second-order valence-electron chi connectivity index (χ2n) is 4.89. The molecule has 1 atom stereocenters. The normalized spacial score (nSPS) is 17.5. The van der Waals surface area contributed by atoms with Crippen LogP contribution in [0.3, 0.4) is 0 Å². The highest BCUT2D eigenvalue weighted by Gasteiger charge is 2.24. The average molecular weight is 344 g/mol. The van der Waals surface area contributed by atoms with Crippen molar-refractivity contribution < 1.29 is 0 Å². The number of benzene rings is 1. The molecule has 0 spiro atoms. The van der Waals surface area contributed by atoms with Crippen molar-refractivity contribution in [2.45, 2.75) is 12.5 Å². The van der Waals surface area contributed by atoms with Gasteiger partial charge in [0.25, 0.3) is 0 Å². The van der Waals surface area contributed by atoms with E-state index in [1.165, 1.54) is 11.9 Å². The molecule has 1 saturated heterocycles. The van der Waals surface area contributed by atoms with E-state index >= 15 is 0 Å². The Hall–Kier alpha value is -2.13. The Kier molecular flexibility index (Phi) is 4.02. The van der Waals surface area contributed by atoms with Crippen molar-refractivity contribution in [3.05, 3.63) is 46.8 Å². The van der Waals surface area contributed by atoms with Crippen LogP contribution in [0, 0.1) is 11.3 Å². The van der Waals surface area contributed by atoms with Crippen molar-refractivity contribution in [3.63, 3.8) is 0 Å². The summed E-state index contributed by atoms with van der Waals surface area (Å²) >= 11 is 3.59. The Labute approximate surface area is 131 Å². The first kappa shape index (κ1) is 13.8. The molecule has 1 aromatic heterocycles. The van der Waals surface area contributed by atoms with E-state index in [2.05, 4.69) is 48.3 Å². The lowest BCUT2D eigenvalue weighted by molar-refractivity contribution is 0.798. The number of hydrogen-bond donors (Lipinski definition) is 1. The number of hydrogen-bond acceptors (Lipinski definition) is 5. The lowest BCUT2D eigenvalue weighted by Crippen LogP contribution is -2.27. The van der Waals surface area contributed by atoms with Crippen molar-refractivity contribution >= 4 is 27.4 Å². The first-order valence-corrected chi connectivity index (χ1v) is 7.54. The monoisotopic (exact) mass is 343 g/mol. The molecule has 1 fully saturated rings. The molecule has 2 heterocycles. The molecule has 1 aliphatic heterocycles. The van der Waals surface area contributed by atoms with Crippen LogP contribution in [0.5, 0.6) is 0 Å². The summed E-state index contributed by atoms with van der Waals surface area (Å²) in [7, 11) is 0. The van der Waals surface area contributed by atoms with Gasteiger partial charge in [0, 0.05) is 36.0 Å². The first-order valence-electron chi connectivity index (χ1n) is 6.75. The number of nitriles is 1. The van der Waals surface area contributed by atoms with Crippen LogP contribution in [-0.4, -0.2) is 29.1 Å². The smallest absolute Gasteiger partial charge is 0.182 e. The molecule has 106 valence electrons. The minimum absolute atomic E-state index is 0.265. The fourth-order valence-electron chi connectivity index (χ4n) is 2.52. The van der Waals surface area contributed by atoms with Gasteiger partial charge in [0.2, 0.25) is 0 Å². The van der Waals surface area contributed by atoms with Crippen LogP contribution < -0.4 is 10.2 Å². The van der Waals surface area contributed by atoms with Crippen LogP contribution in [-0.2, 0) is 0 Å². The number of aromatic nitrogens is 2. The van der Waals surface area contributed by atoms with Crippen molar-refractivity contribution in [3.8, 4) is 6.07 Å². The summed E-state index contributed by atoms with van der Waals surface area (Å²) < 4.78 is 1.10. The van der Waals surface area contributed by atoms with Crippen LogP contribution in [0.2, 0.25) is 0 Å². The topological polar surface area (TPSA) is 64.8 Å². The molecule has 6 heteroatoms. The lowest BCUT2D eigenvalue weighted by atomic mass is 10.2. The third kappa shape index (κ3) is 2.98. The molecule has 0 bridgehead atoms. The summed E-state index contributed by atoms with van der Waals surface area (Å²) in [5.74, 6) is 0.568. The Morgan fingerprint density at radius 2 is 2.10 bits per heavy atom. The number of anilines is 2. The number of para-hydroxylation sites is 1. The molecule has 5 nitrogen and oxygen atoms in total. The molecule has 0 unspecified atom stereocenters. The second kappa shape index (κ2) is 6.10. The predicted octanol–water partition coefficient (Wildman–Crippen LogP) is 2.80. The van der Waals surface area contributed by atoms with Gasteiger partial charge in [-0.2, -0.15) is 5.26 Å². The molecule has 0 amide bonds. The molecule has 21 heavy (non-hydrogen) atoms. The fraction of sp³-hybridized carbons (Fsp3) is 0.267. The van der Waals surface area contributed by atoms with Gasteiger partial charge in [-0.05, 0) is 34.5 Å². The van der Waals surface area contributed by atoms with E-state index < -0.39 is 0 Å². The van der Waals surface area contributed by atoms with E-state index in [9.17, 15) is 0 Å². The maximum absolute atomic E-state index is 9.05. The third-order valence-corrected chi connectivity index (χ3v) is 4.20. The molecule has 0 radical (unpaired) electrons. The van der Waals surface area contributed by atoms with E-state index in [4.69, 9.17) is 5.26 Å². The van der Waals surface area contributed by atoms with Crippen molar-refractivity contribution in [2.75, 3.05) is 23.3 Å². The minimum atomic E-state index is 0.265. The summed E-state index contributed by atoms with van der Waals surface area (Å²) in [4.78, 5) is 10.6. The van der Waals surface area contributed by atoms with E-state index in [-0.39, 0.29) is 6.04 Å². The van der Waals surface area contributed by atoms with Crippen LogP contribution in [0.25, 0.3) is 0 Å². The standard InChI is InChI=1S/C15H14BrN5/c16-12-3-1-2-4-14(12)21-8-5-11(10-21)20-15-13(9-17)18-6-7-19-15/h1-4,6-7,11H,5,8,10H2,(H,19,20)/t11-/m0/s1. The van der Waals surface area contributed by atoms with Gasteiger partial charge in [0.05, 0.1) is 5.69 Å². The van der Waals surface area contributed by atoms with E-state index in [0.717, 1.165) is 24.0 Å². The molecule has 2 aromatic rings. The maximum Gasteiger partial charge on any atom is 0.182 e. The van der Waals surface area contributed by atoms with Gasteiger partial charge in [-0.25, -0.2) is 9.97 Å². The number of nitrogens with one attached hydrogen (secondary N) is 1. The van der Waals surface area contributed by atoms with E-state index in [0.29, 0.717) is 11.5 Å². The number of rotatable bonds is 3. The summed E-state index contributed by atoms with van der Waals surface area (Å²) in [5.41, 5.74) is 1.54. The van der Waals surface area contributed by atoms with Crippen LogP contribution in [0.4, 0.5) is 11.5 Å². The van der Waals surface area contributed by atoms with Gasteiger partial charge < -0.3 is 10.2 Å². The Morgan fingerprint density at radius 3 is 2.90 bits per heavy atom. The summed E-state index contributed by atoms with van der Waals surface area (Å²) in [5, 5.41) is 12.4. The Balaban J connectivity index is 1.71. The quantitative estimate of drug-likeness (QED) is 0.928. The van der Waals surface area contributed by atoms with Gasteiger partial charge >= 0.3 is 0 Å².